The van der Waals surface area contributed by atoms with Crippen LogP contribution < -0.4 is 10.2 Å². The van der Waals surface area contributed by atoms with Gasteiger partial charge < -0.3 is 14.6 Å². The Morgan fingerprint density at radius 3 is 2.71 bits per heavy atom. The number of carbonyl (C=O) groups excluding carboxylic acids is 1. The summed E-state index contributed by atoms with van der Waals surface area (Å²) in [5.41, 5.74) is 3.88. The molecule has 2 aromatic carbocycles. The molecule has 1 amide bonds. The summed E-state index contributed by atoms with van der Waals surface area (Å²) in [6.45, 7) is 2.27. The standard InChI is InChI=1S/C18H20N2O4/c1-3-24-16-11-13(9-10-15(16)21)12-19-20-18(22)17(23-2)14-7-5-4-6-8-14/h4-12,17,21H,3H2,1-2H3,(H,20,22)/b19-12+/t17-/m0/s1. The first-order chi connectivity index (χ1) is 11.7. The van der Waals surface area contributed by atoms with Crippen molar-refractivity contribution in [2.75, 3.05) is 13.7 Å². The zero-order valence-corrected chi connectivity index (χ0v) is 13.6. The highest BCUT2D eigenvalue weighted by Gasteiger charge is 2.19. The second-order valence-electron chi connectivity index (χ2n) is 4.92. The smallest absolute Gasteiger partial charge is 0.273 e. The topological polar surface area (TPSA) is 80.2 Å². The largest absolute Gasteiger partial charge is 0.504 e. The van der Waals surface area contributed by atoms with E-state index < -0.39 is 6.10 Å². The predicted molar refractivity (Wildman–Crippen MR) is 91.2 cm³/mol. The molecular weight excluding hydrogens is 308 g/mol. The fraction of sp³-hybridized carbons (Fsp3) is 0.222. The van der Waals surface area contributed by atoms with E-state index in [9.17, 15) is 9.90 Å². The Morgan fingerprint density at radius 2 is 2.04 bits per heavy atom. The van der Waals surface area contributed by atoms with Crippen molar-refractivity contribution in [2.45, 2.75) is 13.0 Å². The van der Waals surface area contributed by atoms with Crippen molar-refractivity contribution in [2.24, 2.45) is 5.10 Å². The van der Waals surface area contributed by atoms with Crippen LogP contribution in [0.1, 0.15) is 24.2 Å². The molecule has 2 aromatic rings. The number of hydrogen-bond donors (Lipinski definition) is 2. The Kier molecular flexibility index (Phi) is 6.33. The highest BCUT2D eigenvalue weighted by Crippen LogP contribution is 2.26. The summed E-state index contributed by atoms with van der Waals surface area (Å²) < 4.78 is 10.5. The Morgan fingerprint density at radius 1 is 1.29 bits per heavy atom. The summed E-state index contributed by atoms with van der Waals surface area (Å²) in [5, 5.41) is 13.6. The molecule has 6 heteroatoms. The molecule has 0 saturated carbocycles. The van der Waals surface area contributed by atoms with Crippen molar-refractivity contribution >= 4 is 12.1 Å². The maximum Gasteiger partial charge on any atom is 0.273 e. The fourth-order valence-corrected chi connectivity index (χ4v) is 2.13. The van der Waals surface area contributed by atoms with Crippen LogP contribution in [-0.4, -0.2) is 30.9 Å². The summed E-state index contributed by atoms with van der Waals surface area (Å²) in [5.74, 6) is 0.0529. The average Bonchev–Trinajstić information content (AvgIpc) is 2.59. The average molecular weight is 328 g/mol. The molecule has 0 unspecified atom stereocenters. The van der Waals surface area contributed by atoms with Crippen molar-refractivity contribution in [1.29, 1.82) is 0 Å². The number of rotatable bonds is 7. The minimum absolute atomic E-state index is 0.0570. The molecule has 0 spiro atoms. The van der Waals surface area contributed by atoms with Gasteiger partial charge in [0.2, 0.25) is 0 Å². The van der Waals surface area contributed by atoms with Gasteiger partial charge in [-0.25, -0.2) is 5.43 Å². The normalized spacial score (nSPS) is 12.1. The van der Waals surface area contributed by atoms with Gasteiger partial charge in [0.1, 0.15) is 0 Å². The predicted octanol–water partition coefficient (Wildman–Crippen LogP) is 2.63. The number of aromatic hydroxyl groups is 1. The van der Waals surface area contributed by atoms with Gasteiger partial charge in [-0.15, -0.1) is 0 Å². The second-order valence-corrected chi connectivity index (χ2v) is 4.92. The number of phenolic OH excluding ortho intramolecular Hbond substituents is 1. The fourth-order valence-electron chi connectivity index (χ4n) is 2.13. The van der Waals surface area contributed by atoms with Crippen LogP contribution in [0.2, 0.25) is 0 Å². The molecule has 0 aromatic heterocycles. The van der Waals surface area contributed by atoms with Gasteiger partial charge in [-0.1, -0.05) is 30.3 Å². The first-order valence-electron chi connectivity index (χ1n) is 7.52. The molecular formula is C18H20N2O4. The number of phenols is 1. The molecule has 0 aliphatic heterocycles. The number of nitrogens with one attached hydrogen (secondary N) is 1. The van der Waals surface area contributed by atoms with Crippen molar-refractivity contribution in [1.82, 2.24) is 5.43 Å². The summed E-state index contributed by atoms with van der Waals surface area (Å²) in [4.78, 5) is 12.2. The number of hydrogen-bond acceptors (Lipinski definition) is 5. The summed E-state index contributed by atoms with van der Waals surface area (Å²) in [6, 6.07) is 14.0. The molecule has 0 saturated heterocycles. The summed E-state index contributed by atoms with van der Waals surface area (Å²) in [7, 11) is 1.47. The monoisotopic (exact) mass is 328 g/mol. The third-order valence-electron chi connectivity index (χ3n) is 3.25. The van der Waals surface area contributed by atoms with E-state index in [4.69, 9.17) is 9.47 Å². The van der Waals surface area contributed by atoms with Crippen LogP contribution in [0.15, 0.2) is 53.6 Å². The molecule has 6 nitrogen and oxygen atoms in total. The minimum atomic E-state index is -0.734. The molecule has 0 radical (unpaired) electrons. The molecule has 126 valence electrons. The first-order valence-corrected chi connectivity index (χ1v) is 7.52. The third kappa shape index (κ3) is 4.57. The Hall–Kier alpha value is -2.86. The maximum absolute atomic E-state index is 12.2. The number of carbonyl (C=O) groups is 1. The number of amides is 1. The SMILES string of the molecule is CCOc1cc(/C=N/NC(=O)[C@@H](OC)c2ccccc2)ccc1O. The molecule has 24 heavy (non-hydrogen) atoms. The van der Waals surface area contributed by atoms with Gasteiger partial charge in [0.15, 0.2) is 17.6 Å². The van der Waals surface area contributed by atoms with Crippen molar-refractivity contribution < 1.29 is 19.4 Å². The van der Waals surface area contributed by atoms with E-state index in [1.165, 1.54) is 19.4 Å². The first kappa shape index (κ1) is 17.5. The lowest BCUT2D eigenvalue weighted by atomic mass is 10.1. The lowest BCUT2D eigenvalue weighted by Gasteiger charge is -2.13. The van der Waals surface area contributed by atoms with Crippen molar-refractivity contribution in [3.8, 4) is 11.5 Å². The quantitative estimate of drug-likeness (QED) is 0.605. The van der Waals surface area contributed by atoms with Gasteiger partial charge in [0, 0.05) is 7.11 Å². The van der Waals surface area contributed by atoms with Crippen LogP contribution in [0, 0.1) is 0 Å². The van der Waals surface area contributed by atoms with E-state index in [0.29, 0.717) is 17.9 Å². The van der Waals surface area contributed by atoms with E-state index in [2.05, 4.69) is 10.5 Å². The molecule has 0 heterocycles. The Bertz CT molecular complexity index is 701. The van der Waals surface area contributed by atoms with E-state index in [1.54, 1.807) is 12.1 Å². The van der Waals surface area contributed by atoms with Crippen LogP contribution in [0.25, 0.3) is 0 Å². The number of nitrogens with zero attached hydrogens (tertiary/aromatic N) is 1. The number of ether oxygens (including phenoxy) is 2. The molecule has 1 atom stereocenters. The lowest BCUT2D eigenvalue weighted by molar-refractivity contribution is -0.131. The van der Waals surface area contributed by atoms with Crippen molar-refractivity contribution in [3.05, 3.63) is 59.7 Å². The van der Waals surface area contributed by atoms with Crippen LogP contribution >= 0.6 is 0 Å². The number of benzene rings is 2. The van der Waals surface area contributed by atoms with Crippen LogP contribution in [0.3, 0.4) is 0 Å². The van der Waals surface area contributed by atoms with Gasteiger partial charge >= 0.3 is 0 Å². The molecule has 0 bridgehead atoms. The van der Waals surface area contributed by atoms with E-state index in [1.807, 2.05) is 37.3 Å². The summed E-state index contributed by atoms with van der Waals surface area (Å²) >= 11 is 0. The van der Waals surface area contributed by atoms with E-state index >= 15 is 0 Å². The van der Waals surface area contributed by atoms with Gasteiger partial charge in [-0.3, -0.25) is 4.79 Å². The van der Waals surface area contributed by atoms with Crippen LogP contribution in [0.4, 0.5) is 0 Å². The highest BCUT2D eigenvalue weighted by molar-refractivity contribution is 5.85. The lowest BCUT2D eigenvalue weighted by Crippen LogP contribution is -2.26. The Labute approximate surface area is 140 Å². The van der Waals surface area contributed by atoms with Gasteiger partial charge in [-0.2, -0.15) is 5.10 Å². The minimum Gasteiger partial charge on any atom is -0.504 e. The van der Waals surface area contributed by atoms with E-state index in [0.717, 1.165) is 5.56 Å². The zero-order chi connectivity index (χ0) is 17.4. The Balaban J connectivity index is 2.02. The molecule has 0 aliphatic carbocycles. The zero-order valence-electron chi connectivity index (χ0n) is 13.6. The molecule has 0 fully saturated rings. The number of hydrazone groups is 1. The third-order valence-corrected chi connectivity index (χ3v) is 3.25. The van der Waals surface area contributed by atoms with Crippen LogP contribution in [-0.2, 0) is 9.53 Å². The van der Waals surface area contributed by atoms with Gasteiger partial charge in [-0.05, 0) is 36.2 Å². The molecule has 2 rings (SSSR count). The number of methoxy groups -OCH3 is 1. The summed E-state index contributed by atoms with van der Waals surface area (Å²) in [6.07, 6.45) is 0.736. The maximum atomic E-state index is 12.2. The molecule has 0 aliphatic rings. The van der Waals surface area contributed by atoms with Gasteiger partial charge in [0.25, 0.3) is 5.91 Å². The van der Waals surface area contributed by atoms with Gasteiger partial charge in [0.05, 0.1) is 12.8 Å². The second kappa shape index (κ2) is 8.69. The van der Waals surface area contributed by atoms with Crippen molar-refractivity contribution in [3.63, 3.8) is 0 Å². The highest BCUT2D eigenvalue weighted by atomic mass is 16.5. The van der Waals surface area contributed by atoms with Crippen LogP contribution in [0.5, 0.6) is 11.5 Å². The molecule has 2 N–H and O–H groups in total. The van der Waals surface area contributed by atoms with E-state index in [-0.39, 0.29) is 11.7 Å².